The normalized spacial score (nSPS) is 20.9. The van der Waals surface area contributed by atoms with Gasteiger partial charge in [0.25, 0.3) is 0 Å². The van der Waals surface area contributed by atoms with E-state index < -0.39 is 0 Å². The summed E-state index contributed by atoms with van der Waals surface area (Å²) in [7, 11) is 1.98. The van der Waals surface area contributed by atoms with Crippen LogP contribution in [-0.4, -0.2) is 51.6 Å². The molecule has 24 heavy (non-hydrogen) atoms. The number of hydrogen-bond donors (Lipinski definition) is 1. The van der Waals surface area contributed by atoms with Crippen LogP contribution < -0.4 is 0 Å². The molecule has 1 aromatic carbocycles. The molecule has 1 spiro atoms. The van der Waals surface area contributed by atoms with Gasteiger partial charge in [-0.3, -0.25) is 14.8 Å². The molecule has 0 atom stereocenters. The van der Waals surface area contributed by atoms with Gasteiger partial charge >= 0.3 is 0 Å². The standard InChI is InChI=1S/C19H24N4O/c1-22-17(24)7-8-19(22)9-11-23(12-10-19)14-16-13-20-21-18(16)15-5-3-2-4-6-15/h2-6,13H,7-12,14H2,1H3,(H,20,21). The number of likely N-dealkylation sites (tertiary alicyclic amines) is 2. The smallest absolute Gasteiger partial charge is 0.222 e. The van der Waals surface area contributed by atoms with Crippen molar-refractivity contribution in [3.8, 4) is 11.3 Å². The fourth-order valence-corrected chi connectivity index (χ4v) is 4.18. The fourth-order valence-electron chi connectivity index (χ4n) is 4.18. The zero-order chi connectivity index (χ0) is 16.6. The second-order valence-electron chi connectivity index (χ2n) is 7.09. The van der Waals surface area contributed by atoms with Crippen molar-refractivity contribution in [3.63, 3.8) is 0 Å². The van der Waals surface area contributed by atoms with Crippen LogP contribution in [0.3, 0.4) is 0 Å². The number of amides is 1. The Kier molecular flexibility index (Phi) is 3.88. The van der Waals surface area contributed by atoms with Gasteiger partial charge in [-0.2, -0.15) is 5.10 Å². The summed E-state index contributed by atoms with van der Waals surface area (Å²) in [5.41, 5.74) is 3.66. The van der Waals surface area contributed by atoms with Crippen LogP contribution >= 0.6 is 0 Å². The molecule has 1 aromatic heterocycles. The van der Waals surface area contributed by atoms with Gasteiger partial charge in [0.1, 0.15) is 0 Å². The number of piperidine rings is 1. The molecule has 0 bridgehead atoms. The number of carbonyl (C=O) groups is 1. The van der Waals surface area contributed by atoms with E-state index in [1.165, 1.54) is 11.1 Å². The number of H-pyrrole nitrogens is 1. The van der Waals surface area contributed by atoms with E-state index >= 15 is 0 Å². The van der Waals surface area contributed by atoms with Crippen LogP contribution in [0.2, 0.25) is 0 Å². The lowest BCUT2D eigenvalue weighted by molar-refractivity contribution is -0.130. The molecular weight excluding hydrogens is 300 g/mol. The van der Waals surface area contributed by atoms with Gasteiger partial charge in [-0.15, -0.1) is 0 Å². The van der Waals surface area contributed by atoms with Crippen LogP contribution in [0.1, 0.15) is 31.2 Å². The molecule has 3 heterocycles. The Hall–Kier alpha value is -2.14. The van der Waals surface area contributed by atoms with Crippen LogP contribution in [0, 0.1) is 0 Å². The summed E-state index contributed by atoms with van der Waals surface area (Å²) in [5, 5.41) is 7.40. The highest BCUT2D eigenvalue weighted by Gasteiger charge is 2.44. The predicted octanol–water partition coefficient (Wildman–Crippen LogP) is 2.66. The molecule has 1 N–H and O–H groups in total. The molecule has 5 nitrogen and oxygen atoms in total. The largest absolute Gasteiger partial charge is 0.340 e. The highest BCUT2D eigenvalue weighted by atomic mass is 16.2. The topological polar surface area (TPSA) is 52.2 Å². The summed E-state index contributed by atoms with van der Waals surface area (Å²) in [4.78, 5) is 16.4. The third-order valence-electron chi connectivity index (χ3n) is 5.85. The number of hydrogen-bond acceptors (Lipinski definition) is 3. The molecule has 0 radical (unpaired) electrons. The zero-order valence-electron chi connectivity index (χ0n) is 14.2. The lowest BCUT2D eigenvalue weighted by Crippen LogP contribution is -2.51. The van der Waals surface area contributed by atoms with Crippen LogP contribution in [0.5, 0.6) is 0 Å². The van der Waals surface area contributed by atoms with Gasteiger partial charge in [0.2, 0.25) is 5.91 Å². The number of nitrogens with zero attached hydrogens (tertiary/aromatic N) is 3. The molecular formula is C19H24N4O. The first kappa shape index (κ1) is 15.4. The monoisotopic (exact) mass is 324 g/mol. The molecule has 2 aromatic rings. The van der Waals surface area contributed by atoms with Crippen molar-refractivity contribution in [1.82, 2.24) is 20.0 Å². The molecule has 2 fully saturated rings. The van der Waals surface area contributed by atoms with E-state index in [9.17, 15) is 4.79 Å². The Morgan fingerprint density at radius 1 is 1.17 bits per heavy atom. The Morgan fingerprint density at radius 3 is 2.58 bits per heavy atom. The van der Waals surface area contributed by atoms with Crippen molar-refractivity contribution in [2.45, 2.75) is 37.8 Å². The maximum atomic E-state index is 11.9. The minimum absolute atomic E-state index is 0.117. The Labute approximate surface area is 142 Å². The maximum Gasteiger partial charge on any atom is 0.222 e. The minimum atomic E-state index is 0.117. The molecule has 0 saturated carbocycles. The van der Waals surface area contributed by atoms with Gasteiger partial charge in [-0.05, 0) is 24.8 Å². The van der Waals surface area contributed by atoms with Gasteiger partial charge in [0.15, 0.2) is 0 Å². The van der Waals surface area contributed by atoms with Crippen LogP contribution in [0.4, 0.5) is 0 Å². The lowest BCUT2D eigenvalue weighted by atomic mass is 9.85. The summed E-state index contributed by atoms with van der Waals surface area (Å²) in [6, 6.07) is 10.4. The highest BCUT2D eigenvalue weighted by molar-refractivity contribution is 5.79. The van der Waals surface area contributed by atoms with E-state index in [1.807, 2.05) is 24.2 Å². The molecule has 0 aliphatic carbocycles. The van der Waals surface area contributed by atoms with Crippen LogP contribution in [0.25, 0.3) is 11.3 Å². The molecule has 2 aliphatic heterocycles. The quantitative estimate of drug-likeness (QED) is 0.944. The Morgan fingerprint density at radius 2 is 1.92 bits per heavy atom. The average molecular weight is 324 g/mol. The van der Waals surface area contributed by atoms with Crippen molar-refractivity contribution in [2.24, 2.45) is 0 Å². The summed E-state index contributed by atoms with van der Waals surface area (Å²) in [5.74, 6) is 0.310. The number of aromatic nitrogens is 2. The lowest BCUT2D eigenvalue weighted by Gasteiger charge is -2.43. The van der Waals surface area contributed by atoms with E-state index in [1.54, 1.807) is 0 Å². The number of aromatic amines is 1. The van der Waals surface area contributed by atoms with Gasteiger partial charge in [0, 0.05) is 44.2 Å². The second kappa shape index (κ2) is 6.06. The van der Waals surface area contributed by atoms with E-state index in [0.717, 1.165) is 51.0 Å². The van der Waals surface area contributed by atoms with Gasteiger partial charge in [0.05, 0.1) is 11.9 Å². The van der Waals surface area contributed by atoms with Crippen molar-refractivity contribution < 1.29 is 4.79 Å². The van der Waals surface area contributed by atoms with Gasteiger partial charge in [-0.25, -0.2) is 0 Å². The van der Waals surface area contributed by atoms with Crippen LogP contribution in [0.15, 0.2) is 36.5 Å². The summed E-state index contributed by atoms with van der Waals surface area (Å²) in [6.45, 7) is 2.99. The minimum Gasteiger partial charge on any atom is -0.340 e. The highest BCUT2D eigenvalue weighted by Crippen LogP contribution is 2.38. The first-order valence-corrected chi connectivity index (χ1v) is 8.75. The number of nitrogens with one attached hydrogen (secondary N) is 1. The molecule has 126 valence electrons. The molecule has 2 saturated heterocycles. The molecule has 5 heteroatoms. The molecule has 2 aliphatic rings. The van der Waals surface area contributed by atoms with Crippen molar-refractivity contribution in [1.29, 1.82) is 0 Å². The maximum absolute atomic E-state index is 11.9. The van der Waals surface area contributed by atoms with Crippen molar-refractivity contribution in [3.05, 3.63) is 42.1 Å². The molecule has 0 unspecified atom stereocenters. The van der Waals surface area contributed by atoms with Gasteiger partial charge in [-0.1, -0.05) is 30.3 Å². The molecule has 1 amide bonds. The third kappa shape index (κ3) is 2.63. The van der Waals surface area contributed by atoms with E-state index in [2.05, 4.69) is 39.4 Å². The van der Waals surface area contributed by atoms with E-state index in [0.29, 0.717) is 5.91 Å². The fraction of sp³-hybridized carbons (Fsp3) is 0.474. The number of carbonyl (C=O) groups excluding carboxylic acids is 1. The van der Waals surface area contributed by atoms with Crippen molar-refractivity contribution in [2.75, 3.05) is 20.1 Å². The second-order valence-corrected chi connectivity index (χ2v) is 7.09. The number of rotatable bonds is 3. The third-order valence-corrected chi connectivity index (χ3v) is 5.85. The Bertz CT molecular complexity index is 716. The molecule has 4 rings (SSSR count). The summed E-state index contributed by atoms with van der Waals surface area (Å²) >= 11 is 0. The average Bonchev–Trinajstić information content (AvgIpc) is 3.19. The first-order valence-electron chi connectivity index (χ1n) is 8.75. The number of benzene rings is 1. The summed E-state index contributed by atoms with van der Waals surface area (Å²) < 4.78 is 0. The van der Waals surface area contributed by atoms with Crippen molar-refractivity contribution >= 4 is 5.91 Å². The zero-order valence-corrected chi connectivity index (χ0v) is 14.2. The van der Waals surface area contributed by atoms with E-state index in [4.69, 9.17) is 0 Å². The van der Waals surface area contributed by atoms with E-state index in [-0.39, 0.29) is 5.54 Å². The van der Waals surface area contributed by atoms with Crippen LogP contribution in [-0.2, 0) is 11.3 Å². The SMILES string of the molecule is CN1C(=O)CCC12CCN(Cc1cn[nH]c1-c1ccccc1)CC2. The predicted molar refractivity (Wildman–Crippen MR) is 93.3 cm³/mol. The summed E-state index contributed by atoms with van der Waals surface area (Å²) in [6.07, 6.45) is 5.84. The van der Waals surface area contributed by atoms with Gasteiger partial charge < -0.3 is 4.90 Å². The first-order chi connectivity index (χ1) is 11.7. The Balaban J connectivity index is 1.44.